The number of rotatable bonds is 5. The second-order valence-corrected chi connectivity index (χ2v) is 5.74. The Kier molecular flexibility index (Phi) is 4.91. The Morgan fingerprint density at radius 3 is 2.50 bits per heavy atom. The molecule has 0 amide bonds. The maximum absolute atomic E-state index is 13.7. The minimum atomic E-state index is -1.20. The first-order valence-electron chi connectivity index (χ1n) is 6.99. The topological polar surface area (TPSA) is 21.3 Å². The van der Waals surface area contributed by atoms with Gasteiger partial charge in [0.15, 0.2) is 23.2 Å². The molecule has 1 saturated heterocycles. The standard InChI is InChI=1S/C15H20F3NO/c1-9(2)5-14(10-3-4-19-8-10)20-15-7-12(17)11(16)6-13(15)18/h6-7,9-10,14,19H,3-5,8H2,1-2H3/t10-,14-/m0/s1. The molecule has 0 unspecified atom stereocenters. The van der Waals surface area contributed by atoms with Crippen LogP contribution >= 0.6 is 0 Å². The average molecular weight is 287 g/mol. The molecule has 2 atom stereocenters. The molecule has 1 fully saturated rings. The molecule has 1 aliphatic heterocycles. The molecule has 2 nitrogen and oxygen atoms in total. The lowest BCUT2D eigenvalue weighted by atomic mass is 9.93. The molecule has 0 aliphatic carbocycles. The van der Waals surface area contributed by atoms with E-state index >= 15 is 0 Å². The summed E-state index contributed by atoms with van der Waals surface area (Å²) in [4.78, 5) is 0. The lowest BCUT2D eigenvalue weighted by Gasteiger charge is -2.26. The van der Waals surface area contributed by atoms with Gasteiger partial charge in [0.2, 0.25) is 0 Å². The number of hydrogen-bond acceptors (Lipinski definition) is 2. The zero-order chi connectivity index (χ0) is 14.7. The molecule has 0 aromatic heterocycles. The summed E-state index contributed by atoms with van der Waals surface area (Å²) in [5, 5.41) is 3.24. The van der Waals surface area contributed by atoms with Crippen molar-refractivity contribution < 1.29 is 17.9 Å². The molecular weight excluding hydrogens is 267 g/mol. The third-order valence-electron chi connectivity index (χ3n) is 3.58. The molecule has 1 heterocycles. The summed E-state index contributed by atoms with van der Waals surface area (Å²) in [7, 11) is 0. The van der Waals surface area contributed by atoms with Crippen LogP contribution in [0.1, 0.15) is 26.7 Å². The molecule has 0 bridgehead atoms. The van der Waals surface area contributed by atoms with Crippen molar-refractivity contribution >= 4 is 0 Å². The van der Waals surface area contributed by atoms with Crippen molar-refractivity contribution in [2.24, 2.45) is 11.8 Å². The third-order valence-corrected chi connectivity index (χ3v) is 3.58. The zero-order valence-corrected chi connectivity index (χ0v) is 11.8. The lowest BCUT2D eigenvalue weighted by Crippen LogP contribution is -2.30. The van der Waals surface area contributed by atoms with Gasteiger partial charge in [-0.3, -0.25) is 0 Å². The summed E-state index contributed by atoms with van der Waals surface area (Å²) in [6.07, 6.45) is 1.51. The van der Waals surface area contributed by atoms with Crippen LogP contribution < -0.4 is 10.1 Å². The molecule has 0 radical (unpaired) electrons. The van der Waals surface area contributed by atoms with Gasteiger partial charge in [0.25, 0.3) is 0 Å². The van der Waals surface area contributed by atoms with Crippen molar-refractivity contribution in [2.75, 3.05) is 13.1 Å². The van der Waals surface area contributed by atoms with E-state index in [1.165, 1.54) is 0 Å². The molecular formula is C15H20F3NO. The number of benzene rings is 1. The molecule has 5 heteroatoms. The average Bonchev–Trinajstić information content (AvgIpc) is 2.88. The minimum Gasteiger partial charge on any atom is -0.487 e. The van der Waals surface area contributed by atoms with Gasteiger partial charge in [-0.1, -0.05) is 13.8 Å². The summed E-state index contributed by atoms with van der Waals surface area (Å²) < 4.78 is 45.5. The Morgan fingerprint density at radius 1 is 1.20 bits per heavy atom. The monoisotopic (exact) mass is 287 g/mol. The fraction of sp³-hybridized carbons (Fsp3) is 0.600. The zero-order valence-electron chi connectivity index (χ0n) is 11.8. The van der Waals surface area contributed by atoms with E-state index in [1.54, 1.807) is 0 Å². The van der Waals surface area contributed by atoms with E-state index in [2.05, 4.69) is 19.2 Å². The van der Waals surface area contributed by atoms with E-state index in [0.717, 1.165) is 32.0 Å². The molecule has 1 aromatic rings. The molecule has 0 saturated carbocycles. The van der Waals surface area contributed by atoms with E-state index in [-0.39, 0.29) is 17.8 Å². The van der Waals surface area contributed by atoms with Crippen molar-refractivity contribution in [1.29, 1.82) is 0 Å². The normalized spacial score (nSPS) is 20.4. The molecule has 112 valence electrons. The van der Waals surface area contributed by atoms with Gasteiger partial charge in [0, 0.05) is 24.6 Å². The maximum Gasteiger partial charge on any atom is 0.168 e. The minimum absolute atomic E-state index is 0.190. The van der Waals surface area contributed by atoms with Crippen molar-refractivity contribution in [3.05, 3.63) is 29.6 Å². The Labute approximate surface area is 117 Å². The first kappa shape index (κ1) is 15.2. The quantitative estimate of drug-likeness (QED) is 0.837. The predicted molar refractivity (Wildman–Crippen MR) is 71.2 cm³/mol. The van der Waals surface area contributed by atoms with Crippen LogP contribution in [0.4, 0.5) is 13.2 Å². The summed E-state index contributed by atoms with van der Waals surface area (Å²) in [6.45, 7) is 5.83. The van der Waals surface area contributed by atoms with Gasteiger partial charge in [0.05, 0.1) is 0 Å². The second-order valence-electron chi connectivity index (χ2n) is 5.74. The molecule has 0 spiro atoms. The largest absolute Gasteiger partial charge is 0.487 e. The second kappa shape index (κ2) is 6.48. The van der Waals surface area contributed by atoms with E-state index in [1.807, 2.05) is 0 Å². The summed E-state index contributed by atoms with van der Waals surface area (Å²) in [5.41, 5.74) is 0. The first-order valence-corrected chi connectivity index (χ1v) is 6.99. The molecule has 1 aromatic carbocycles. The fourth-order valence-corrected chi connectivity index (χ4v) is 2.55. The van der Waals surface area contributed by atoms with Gasteiger partial charge in [-0.15, -0.1) is 0 Å². The maximum atomic E-state index is 13.7. The molecule has 20 heavy (non-hydrogen) atoms. The van der Waals surface area contributed by atoms with E-state index < -0.39 is 17.5 Å². The number of ether oxygens (including phenoxy) is 1. The van der Waals surface area contributed by atoms with Crippen molar-refractivity contribution in [3.8, 4) is 5.75 Å². The van der Waals surface area contributed by atoms with Crippen LogP contribution in [-0.2, 0) is 0 Å². The first-order chi connectivity index (χ1) is 9.47. The molecule has 1 N–H and O–H groups in total. The number of hydrogen-bond donors (Lipinski definition) is 1. The third kappa shape index (κ3) is 3.66. The SMILES string of the molecule is CC(C)C[C@H](Oc1cc(F)c(F)cc1F)[C@H]1CCNC1. The predicted octanol–water partition coefficient (Wildman–Crippen LogP) is 3.51. The molecule has 2 rings (SSSR count). The van der Waals surface area contributed by atoms with Crippen LogP contribution in [0, 0.1) is 29.3 Å². The Hall–Kier alpha value is -1.23. The number of nitrogens with one attached hydrogen (secondary N) is 1. The van der Waals surface area contributed by atoms with E-state index in [9.17, 15) is 13.2 Å². The van der Waals surface area contributed by atoms with Crippen LogP contribution in [0.3, 0.4) is 0 Å². The highest BCUT2D eigenvalue weighted by atomic mass is 19.2. The lowest BCUT2D eigenvalue weighted by molar-refractivity contribution is 0.113. The van der Waals surface area contributed by atoms with Gasteiger partial charge < -0.3 is 10.1 Å². The smallest absolute Gasteiger partial charge is 0.168 e. The van der Waals surface area contributed by atoms with Crippen molar-refractivity contribution in [3.63, 3.8) is 0 Å². The summed E-state index contributed by atoms with van der Waals surface area (Å²) in [5.74, 6) is -2.70. The van der Waals surface area contributed by atoms with Crippen LogP contribution in [0.2, 0.25) is 0 Å². The van der Waals surface area contributed by atoms with Gasteiger partial charge in [-0.05, 0) is 25.3 Å². The van der Waals surface area contributed by atoms with E-state index in [4.69, 9.17) is 4.74 Å². The van der Waals surface area contributed by atoms with Crippen LogP contribution in [0.5, 0.6) is 5.75 Å². The van der Waals surface area contributed by atoms with Crippen LogP contribution in [-0.4, -0.2) is 19.2 Å². The van der Waals surface area contributed by atoms with Gasteiger partial charge in [-0.25, -0.2) is 13.2 Å². The Bertz CT molecular complexity index is 459. The van der Waals surface area contributed by atoms with Crippen molar-refractivity contribution in [1.82, 2.24) is 5.32 Å². The van der Waals surface area contributed by atoms with Crippen LogP contribution in [0.25, 0.3) is 0 Å². The highest BCUT2D eigenvalue weighted by Gasteiger charge is 2.28. The Balaban J connectivity index is 2.16. The number of halogens is 3. The Morgan fingerprint density at radius 2 is 1.90 bits per heavy atom. The highest BCUT2D eigenvalue weighted by molar-refractivity contribution is 5.26. The van der Waals surface area contributed by atoms with Gasteiger partial charge in [-0.2, -0.15) is 0 Å². The van der Waals surface area contributed by atoms with Crippen LogP contribution in [0.15, 0.2) is 12.1 Å². The van der Waals surface area contributed by atoms with E-state index in [0.29, 0.717) is 12.0 Å². The van der Waals surface area contributed by atoms with Crippen molar-refractivity contribution in [2.45, 2.75) is 32.8 Å². The van der Waals surface area contributed by atoms with Gasteiger partial charge >= 0.3 is 0 Å². The summed E-state index contributed by atoms with van der Waals surface area (Å²) in [6, 6.07) is 1.32. The summed E-state index contributed by atoms with van der Waals surface area (Å²) >= 11 is 0. The fourth-order valence-electron chi connectivity index (χ4n) is 2.55. The molecule has 1 aliphatic rings. The van der Waals surface area contributed by atoms with Gasteiger partial charge in [0.1, 0.15) is 6.10 Å². The highest BCUT2D eigenvalue weighted by Crippen LogP contribution is 2.28.